The molecule has 1 N–H and O–H groups in total. The van der Waals surface area contributed by atoms with Crippen LogP contribution in [0.4, 0.5) is 0 Å². The van der Waals surface area contributed by atoms with Gasteiger partial charge in [0.05, 0.1) is 6.42 Å². The Kier molecular flexibility index (Phi) is 6.15. The van der Waals surface area contributed by atoms with Crippen molar-refractivity contribution in [3.05, 3.63) is 48.0 Å². The number of benzene rings is 2. The molecule has 0 bridgehead atoms. The lowest BCUT2D eigenvalue weighted by molar-refractivity contribution is -0.143. The topological polar surface area (TPSA) is 49.4 Å². The lowest BCUT2D eigenvalue weighted by atomic mass is 9.80. The quantitative estimate of drug-likeness (QED) is 0.838. The molecule has 2 aromatic rings. The van der Waals surface area contributed by atoms with Crippen molar-refractivity contribution < 1.29 is 9.59 Å². The van der Waals surface area contributed by atoms with E-state index in [1.54, 1.807) is 0 Å². The number of fused-ring (bicyclic) bond motifs is 1. The van der Waals surface area contributed by atoms with E-state index < -0.39 is 5.54 Å². The molecule has 0 aliphatic heterocycles. The molecule has 2 aromatic carbocycles. The summed E-state index contributed by atoms with van der Waals surface area (Å²) in [4.78, 5) is 27.8. The fourth-order valence-corrected chi connectivity index (χ4v) is 4.21. The predicted molar refractivity (Wildman–Crippen MR) is 110 cm³/mol. The molecule has 1 aliphatic carbocycles. The first-order valence-corrected chi connectivity index (χ1v) is 10.2. The molecule has 0 saturated heterocycles. The second-order valence-electron chi connectivity index (χ2n) is 7.53. The highest BCUT2D eigenvalue weighted by Crippen LogP contribution is 2.30. The maximum Gasteiger partial charge on any atom is 0.248 e. The minimum absolute atomic E-state index is 0.0623. The highest BCUT2D eigenvalue weighted by molar-refractivity contribution is 5.92. The van der Waals surface area contributed by atoms with E-state index in [0.29, 0.717) is 19.5 Å². The number of rotatable bonds is 6. The Balaban J connectivity index is 1.76. The van der Waals surface area contributed by atoms with E-state index in [1.807, 2.05) is 36.9 Å². The highest BCUT2D eigenvalue weighted by Gasteiger charge is 2.42. The zero-order valence-electron chi connectivity index (χ0n) is 16.5. The highest BCUT2D eigenvalue weighted by atomic mass is 16.2. The number of hydrogen-bond donors (Lipinski definition) is 1. The van der Waals surface area contributed by atoms with Crippen molar-refractivity contribution in [3.8, 4) is 0 Å². The molecule has 0 radical (unpaired) electrons. The van der Waals surface area contributed by atoms with Gasteiger partial charge in [-0.25, -0.2) is 0 Å². The first-order valence-electron chi connectivity index (χ1n) is 10.2. The monoisotopic (exact) mass is 366 g/mol. The molecule has 144 valence electrons. The minimum atomic E-state index is -0.724. The minimum Gasteiger partial charge on any atom is -0.341 e. The van der Waals surface area contributed by atoms with Gasteiger partial charge in [-0.1, -0.05) is 61.7 Å². The molecular formula is C23H30N2O2. The molecule has 0 spiro atoms. The van der Waals surface area contributed by atoms with Gasteiger partial charge < -0.3 is 10.2 Å². The van der Waals surface area contributed by atoms with Crippen LogP contribution in [0.15, 0.2) is 42.5 Å². The van der Waals surface area contributed by atoms with Crippen molar-refractivity contribution in [1.29, 1.82) is 0 Å². The van der Waals surface area contributed by atoms with Gasteiger partial charge in [-0.2, -0.15) is 0 Å². The van der Waals surface area contributed by atoms with Crippen LogP contribution in [0.1, 0.15) is 51.5 Å². The first kappa shape index (κ1) is 19.4. The molecule has 1 saturated carbocycles. The average Bonchev–Trinajstić information content (AvgIpc) is 2.69. The number of carbonyl (C=O) groups excluding carboxylic acids is 2. The molecule has 3 rings (SSSR count). The number of nitrogens with one attached hydrogen (secondary N) is 1. The van der Waals surface area contributed by atoms with Gasteiger partial charge >= 0.3 is 0 Å². The van der Waals surface area contributed by atoms with Gasteiger partial charge in [0.2, 0.25) is 11.8 Å². The molecule has 27 heavy (non-hydrogen) atoms. The number of hydrogen-bond acceptors (Lipinski definition) is 2. The summed E-state index contributed by atoms with van der Waals surface area (Å²) >= 11 is 0. The Bertz CT molecular complexity index is 805. The van der Waals surface area contributed by atoms with Gasteiger partial charge in [0.1, 0.15) is 5.54 Å². The fourth-order valence-electron chi connectivity index (χ4n) is 4.21. The molecule has 2 amide bonds. The SMILES string of the molecule is CCN(CC)C(=O)C1(NC(=O)Cc2ccc3ccccc3c2)CCCCC1. The summed E-state index contributed by atoms with van der Waals surface area (Å²) in [7, 11) is 0. The lowest BCUT2D eigenvalue weighted by Crippen LogP contribution is -2.60. The van der Waals surface area contributed by atoms with E-state index in [1.165, 1.54) is 5.39 Å². The molecule has 0 aromatic heterocycles. The van der Waals surface area contributed by atoms with E-state index in [-0.39, 0.29) is 11.8 Å². The predicted octanol–water partition coefficient (Wildman–Crippen LogP) is 4.07. The summed E-state index contributed by atoms with van der Waals surface area (Å²) in [5, 5.41) is 5.45. The molecule has 1 fully saturated rings. The number of carbonyl (C=O) groups is 2. The van der Waals surface area contributed by atoms with Crippen molar-refractivity contribution in [2.24, 2.45) is 0 Å². The van der Waals surface area contributed by atoms with Crippen LogP contribution in [0.2, 0.25) is 0 Å². The summed E-state index contributed by atoms with van der Waals surface area (Å²) in [5.74, 6) is 0.0201. The third kappa shape index (κ3) is 4.32. The van der Waals surface area contributed by atoms with Gasteiger partial charge in [0, 0.05) is 13.1 Å². The van der Waals surface area contributed by atoms with Crippen LogP contribution in [-0.2, 0) is 16.0 Å². The summed E-state index contributed by atoms with van der Waals surface area (Å²) in [5.41, 5.74) is 0.255. The van der Waals surface area contributed by atoms with Crippen LogP contribution in [0.3, 0.4) is 0 Å². The molecule has 0 atom stereocenters. The van der Waals surface area contributed by atoms with Crippen LogP contribution in [-0.4, -0.2) is 35.3 Å². The lowest BCUT2D eigenvalue weighted by Gasteiger charge is -2.40. The Hall–Kier alpha value is -2.36. The average molecular weight is 367 g/mol. The number of likely N-dealkylation sites (N-methyl/N-ethyl adjacent to an activating group) is 1. The van der Waals surface area contributed by atoms with Crippen LogP contribution in [0.5, 0.6) is 0 Å². The van der Waals surface area contributed by atoms with E-state index in [2.05, 4.69) is 29.6 Å². The zero-order chi connectivity index (χ0) is 19.3. The maximum absolute atomic E-state index is 13.2. The summed E-state index contributed by atoms with van der Waals surface area (Å²) in [6.45, 7) is 5.35. The Morgan fingerprint density at radius 2 is 1.63 bits per heavy atom. The van der Waals surface area contributed by atoms with Gasteiger partial charge in [-0.3, -0.25) is 9.59 Å². The van der Waals surface area contributed by atoms with E-state index in [4.69, 9.17) is 0 Å². The number of nitrogens with zero attached hydrogens (tertiary/aromatic N) is 1. The van der Waals surface area contributed by atoms with Crippen LogP contribution in [0.25, 0.3) is 10.8 Å². The van der Waals surface area contributed by atoms with Crippen LogP contribution >= 0.6 is 0 Å². The van der Waals surface area contributed by atoms with Gasteiger partial charge in [-0.05, 0) is 43.0 Å². The second-order valence-corrected chi connectivity index (χ2v) is 7.53. The Labute approximate surface area is 161 Å². The number of amides is 2. The normalized spacial score (nSPS) is 16.1. The molecule has 0 heterocycles. The molecule has 4 heteroatoms. The van der Waals surface area contributed by atoms with Crippen molar-refractivity contribution in [3.63, 3.8) is 0 Å². The summed E-state index contributed by atoms with van der Waals surface area (Å²) in [6.07, 6.45) is 4.90. The fraction of sp³-hybridized carbons (Fsp3) is 0.478. The molecule has 4 nitrogen and oxygen atoms in total. The van der Waals surface area contributed by atoms with Gasteiger partial charge in [0.25, 0.3) is 0 Å². The van der Waals surface area contributed by atoms with Crippen LogP contribution in [0, 0.1) is 0 Å². The maximum atomic E-state index is 13.2. The third-order valence-corrected chi connectivity index (χ3v) is 5.72. The van der Waals surface area contributed by atoms with Crippen molar-refractivity contribution >= 4 is 22.6 Å². The van der Waals surface area contributed by atoms with Gasteiger partial charge in [0.15, 0.2) is 0 Å². The van der Waals surface area contributed by atoms with E-state index >= 15 is 0 Å². The third-order valence-electron chi connectivity index (χ3n) is 5.72. The molecule has 0 unspecified atom stereocenters. The Morgan fingerprint density at radius 3 is 2.30 bits per heavy atom. The Morgan fingerprint density at radius 1 is 0.963 bits per heavy atom. The second kappa shape index (κ2) is 8.55. The first-order chi connectivity index (χ1) is 13.1. The van der Waals surface area contributed by atoms with Crippen molar-refractivity contribution in [2.75, 3.05) is 13.1 Å². The van der Waals surface area contributed by atoms with Crippen molar-refractivity contribution in [2.45, 2.75) is 57.9 Å². The van der Waals surface area contributed by atoms with Crippen LogP contribution < -0.4 is 5.32 Å². The van der Waals surface area contributed by atoms with Gasteiger partial charge in [-0.15, -0.1) is 0 Å². The van der Waals surface area contributed by atoms with E-state index in [9.17, 15) is 9.59 Å². The molecule has 1 aliphatic rings. The molecular weight excluding hydrogens is 336 g/mol. The van der Waals surface area contributed by atoms with E-state index in [0.717, 1.165) is 43.1 Å². The summed E-state index contributed by atoms with van der Waals surface area (Å²) in [6, 6.07) is 14.3. The smallest absolute Gasteiger partial charge is 0.248 e. The largest absolute Gasteiger partial charge is 0.341 e. The van der Waals surface area contributed by atoms with Crippen molar-refractivity contribution in [1.82, 2.24) is 10.2 Å². The summed E-state index contributed by atoms with van der Waals surface area (Å²) < 4.78 is 0. The standard InChI is InChI=1S/C23H30N2O2/c1-3-25(4-2)22(27)23(14-8-5-9-15-23)24-21(26)17-18-12-13-19-10-6-7-11-20(19)16-18/h6-7,10-13,16H,3-5,8-9,14-15,17H2,1-2H3,(H,24,26). The zero-order valence-corrected chi connectivity index (χ0v) is 16.5.